The summed E-state index contributed by atoms with van der Waals surface area (Å²) in [5, 5.41) is 9.57. The maximum atomic E-state index is 13.3. The minimum absolute atomic E-state index is 0.0375. The van der Waals surface area contributed by atoms with E-state index in [9.17, 15) is 14.4 Å². The number of benzene rings is 2. The first kappa shape index (κ1) is 23.0. The zero-order valence-corrected chi connectivity index (χ0v) is 19.5. The van der Waals surface area contributed by atoms with Crippen molar-refractivity contribution in [2.45, 2.75) is 58.2 Å². The van der Waals surface area contributed by atoms with Crippen LogP contribution < -0.4 is 21.7 Å². The zero-order chi connectivity index (χ0) is 23.7. The molecule has 2 aromatic rings. The fraction of sp³-hybridized carbons (Fsp3) is 0.423. The summed E-state index contributed by atoms with van der Waals surface area (Å²) in [7, 11) is 1.66. The molecular weight excluding hydrogens is 416 g/mol. The Balaban J connectivity index is 1.65. The number of fused-ring (bicyclic) bond motifs is 2. The van der Waals surface area contributed by atoms with Crippen LogP contribution in [0.2, 0.25) is 0 Å². The van der Waals surface area contributed by atoms with E-state index in [1.807, 2.05) is 6.92 Å². The van der Waals surface area contributed by atoms with Crippen molar-refractivity contribution in [1.29, 1.82) is 0 Å². The molecule has 174 valence electrons. The molecule has 0 bridgehead atoms. The van der Waals surface area contributed by atoms with E-state index in [1.165, 1.54) is 12.8 Å². The molecule has 4 rings (SSSR count). The highest BCUT2D eigenvalue weighted by atomic mass is 16.2. The molecule has 7 nitrogen and oxygen atoms in total. The van der Waals surface area contributed by atoms with E-state index in [0.29, 0.717) is 35.2 Å². The lowest BCUT2D eigenvalue weighted by Gasteiger charge is -2.31. The highest BCUT2D eigenvalue weighted by Crippen LogP contribution is 2.37. The van der Waals surface area contributed by atoms with E-state index >= 15 is 0 Å². The van der Waals surface area contributed by atoms with Crippen LogP contribution in [0.1, 0.15) is 88.2 Å². The van der Waals surface area contributed by atoms with E-state index in [4.69, 9.17) is 5.73 Å². The molecule has 0 aliphatic heterocycles. The van der Waals surface area contributed by atoms with Crippen LogP contribution in [0, 0.1) is 5.92 Å². The van der Waals surface area contributed by atoms with Gasteiger partial charge in [-0.2, -0.15) is 0 Å². The number of ketones is 2. The van der Waals surface area contributed by atoms with Crippen LogP contribution in [0.3, 0.4) is 0 Å². The van der Waals surface area contributed by atoms with Gasteiger partial charge in [0, 0.05) is 29.9 Å². The average molecular weight is 449 g/mol. The predicted molar refractivity (Wildman–Crippen MR) is 130 cm³/mol. The summed E-state index contributed by atoms with van der Waals surface area (Å²) in [4.78, 5) is 39.7. The van der Waals surface area contributed by atoms with Gasteiger partial charge in [0.2, 0.25) is 0 Å². The number of rotatable bonds is 6. The Morgan fingerprint density at radius 2 is 1.79 bits per heavy atom. The Morgan fingerprint density at radius 1 is 1.12 bits per heavy atom. The molecule has 33 heavy (non-hydrogen) atoms. The molecule has 0 spiro atoms. The Kier molecular flexibility index (Phi) is 6.51. The summed E-state index contributed by atoms with van der Waals surface area (Å²) in [6, 6.07) is 8.63. The maximum Gasteiger partial charge on any atom is 0.254 e. The van der Waals surface area contributed by atoms with Gasteiger partial charge in [-0.1, -0.05) is 51.0 Å². The number of nitrogen functional groups attached to an aromatic ring is 1. The van der Waals surface area contributed by atoms with E-state index in [2.05, 4.69) is 22.9 Å². The largest absolute Gasteiger partial charge is 0.397 e. The molecule has 5 N–H and O–H groups in total. The zero-order valence-electron chi connectivity index (χ0n) is 19.5. The highest BCUT2D eigenvalue weighted by molar-refractivity contribution is 6.32. The molecule has 2 aromatic carbocycles. The second kappa shape index (κ2) is 9.35. The normalized spacial score (nSPS) is 20.6. The summed E-state index contributed by atoms with van der Waals surface area (Å²) in [6.45, 7) is 4.27. The monoisotopic (exact) mass is 448 g/mol. The van der Waals surface area contributed by atoms with Gasteiger partial charge in [-0.25, -0.2) is 0 Å². The fourth-order valence-corrected chi connectivity index (χ4v) is 5.07. The summed E-state index contributed by atoms with van der Waals surface area (Å²) in [5.41, 5.74) is 7.99. The van der Waals surface area contributed by atoms with Crippen molar-refractivity contribution in [3.05, 3.63) is 58.1 Å². The molecule has 1 fully saturated rings. The van der Waals surface area contributed by atoms with Crippen LogP contribution in [-0.4, -0.2) is 36.7 Å². The number of amides is 1. The van der Waals surface area contributed by atoms with Crippen molar-refractivity contribution < 1.29 is 14.4 Å². The minimum Gasteiger partial charge on any atom is -0.397 e. The van der Waals surface area contributed by atoms with Crippen LogP contribution in [0.5, 0.6) is 0 Å². The number of nitrogens with one attached hydrogen (secondary N) is 3. The Bertz CT molecular complexity index is 1110. The Morgan fingerprint density at radius 3 is 2.39 bits per heavy atom. The molecule has 0 saturated heterocycles. The van der Waals surface area contributed by atoms with Gasteiger partial charge in [0.25, 0.3) is 5.91 Å². The van der Waals surface area contributed by atoms with Gasteiger partial charge < -0.3 is 16.4 Å². The number of carbonyl (C=O) groups is 3. The summed E-state index contributed by atoms with van der Waals surface area (Å²) >= 11 is 0. The summed E-state index contributed by atoms with van der Waals surface area (Å²) < 4.78 is 0. The van der Waals surface area contributed by atoms with Gasteiger partial charge in [-0.3, -0.25) is 19.7 Å². The van der Waals surface area contributed by atoms with Crippen molar-refractivity contribution >= 4 is 28.8 Å². The topological polar surface area (TPSA) is 113 Å². The Labute approximate surface area is 194 Å². The van der Waals surface area contributed by atoms with Crippen molar-refractivity contribution in [3.63, 3.8) is 0 Å². The van der Waals surface area contributed by atoms with Crippen LogP contribution in [0.25, 0.3) is 0 Å². The van der Waals surface area contributed by atoms with Gasteiger partial charge in [0.1, 0.15) is 0 Å². The van der Waals surface area contributed by atoms with Crippen LogP contribution in [0.15, 0.2) is 30.3 Å². The number of nitrogens with two attached hydrogens (primary N) is 1. The summed E-state index contributed by atoms with van der Waals surface area (Å²) in [5.74, 6) is -0.313. The highest BCUT2D eigenvalue weighted by Gasteiger charge is 2.35. The van der Waals surface area contributed by atoms with Crippen molar-refractivity contribution in [3.8, 4) is 0 Å². The molecule has 0 aromatic heterocycles. The first-order valence-electron chi connectivity index (χ1n) is 11.7. The second-order valence-electron chi connectivity index (χ2n) is 9.16. The first-order valence-corrected chi connectivity index (χ1v) is 11.7. The van der Waals surface area contributed by atoms with Crippen molar-refractivity contribution in [1.82, 2.24) is 10.6 Å². The van der Waals surface area contributed by atoms with Gasteiger partial charge >= 0.3 is 0 Å². The molecule has 1 amide bonds. The molecule has 1 saturated carbocycles. The number of carbonyl (C=O) groups excluding carboxylic acids is 3. The molecule has 0 radical (unpaired) electrons. The van der Waals surface area contributed by atoms with Gasteiger partial charge in [-0.05, 0) is 31.2 Å². The number of anilines is 2. The average Bonchev–Trinajstić information content (AvgIpc) is 2.81. The second-order valence-corrected chi connectivity index (χ2v) is 9.16. The van der Waals surface area contributed by atoms with E-state index < -0.39 is 0 Å². The third-order valence-electron chi connectivity index (χ3n) is 6.84. The molecule has 2 aliphatic carbocycles. The van der Waals surface area contributed by atoms with E-state index in [1.54, 1.807) is 37.4 Å². The molecule has 7 heteroatoms. The molecule has 0 heterocycles. The van der Waals surface area contributed by atoms with Crippen LogP contribution >= 0.6 is 0 Å². The van der Waals surface area contributed by atoms with Crippen molar-refractivity contribution in [2.75, 3.05) is 18.1 Å². The molecule has 3 unspecified atom stereocenters. The lowest BCUT2D eigenvalue weighted by atomic mass is 9.81. The third-order valence-corrected chi connectivity index (χ3v) is 6.84. The quantitative estimate of drug-likeness (QED) is 0.338. The molecule has 3 atom stereocenters. The third kappa shape index (κ3) is 4.25. The maximum absolute atomic E-state index is 13.3. The standard InChI is InChI=1S/C26H32N4O3/c1-4-20(29-15-9-7-8-14(2)12-15)30-26(33)18-13-19(28-3)21-22(23(18)27)25(32)17-11-6-5-10-16(17)24(21)31/h5-6,10-11,13-15,20,28-29H,4,7-9,12,27H2,1-3H3,(H,30,33). The summed E-state index contributed by atoms with van der Waals surface area (Å²) in [6.07, 6.45) is 5.12. The SMILES string of the molecule is CCC(NC(=O)c1cc(NC)c2c(c1N)C(=O)c1ccccc1C2=O)NC1CCCC(C)C1. The number of hydrogen-bond acceptors (Lipinski definition) is 6. The molecule has 2 aliphatic rings. The smallest absolute Gasteiger partial charge is 0.254 e. The van der Waals surface area contributed by atoms with Crippen LogP contribution in [-0.2, 0) is 0 Å². The van der Waals surface area contributed by atoms with Crippen LogP contribution in [0.4, 0.5) is 11.4 Å². The van der Waals surface area contributed by atoms with Gasteiger partial charge in [0.05, 0.1) is 28.5 Å². The predicted octanol–water partition coefficient (Wildman–Crippen LogP) is 3.72. The lowest BCUT2D eigenvalue weighted by molar-refractivity contribution is 0.0920. The lowest BCUT2D eigenvalue weighted by Crippen LogP contribution is -2.50. The van der Waals surface area contributed by atoms with Crippen molar-refractivity contribution in [2.24, 2.45) is 5.92 Å². The van der Waals surface area contributed by atoms with Gasteiger partial charge in [0.15, 0.2) is 11.6 Å². The number of hydrogen-bond donors (Lipinski definition) is 4. The Hall–Kier alpha value is -3.19. The van der Waals surface area contributed by atoms with Gasteiger partial charge in [-0.15, -0.1) is 0 Å². The molecular formula is C26H32N4O3. The first-order chi connectivity index (χ1) is 15.8. The van der Waals surface area contributed by atoms with E-state index in [0.717, 1.165) is 12.8 Å². The van der Waals surface area contributed by atoms with E-state index in [-0.39, 0.29) is 46.0 Å². The fourth-order valence-electron chi connectivity index (χ4n) is 5.07. The minimum atomic E-state index is -0.367.